The van der Waals surface area contributed by atoms with Crippen molar-refractivity contribution in [2.24, 2.45) is 0 Å². The lowest BCUT2D eigenvalue weighted by molar-refractivity contribution is 0.132. The van der Waals surface area contributed by atoms with Gasteiger partial charge in [0.2, 0.25) is 5.95 Å². The predicted octanol–water partition coefficient (Wildman–Crippen LogP) is 4.01. The highest BCUT2D eigenvalue weighted by Gasteiger charge is 2.24. The zero-order chi connectivity index (χ0) is 21.2. The molecular weight excluding hydrogens is 392 g/mol. The zero-order valence-corrected chi connectivity index (χ0v) is 16.8. The molecule has 2 N–H and O–H groups in total. The number of anilines is 1. The summed E-state index contributed by atoms with van der Waals surface area (Å²) in [6.45, 7) is 0.992. The third-order valence-electron chi connectivity index (χ3n) is 5.52. The van der Waals surface area contributed by atoms with Crippen molar-refractivity contribution >= 4 is 17.6 Å². The van der Waals surface area contributed by atoms with Crippen LogP contribution in [0.25, 0.3) is 28.0 Å². The third kappa shape index (κ3) is 3.79. The number of piperidine rings is 1. The molecule has 1 unspecified atom stereocenters. The lowest BCUT2D eigenvalue weighted by Crippen LogP contribution is -2.44. The summed E-state index contributed by atoms with van der Waals surface area (Å²) in [5.74, 6) is 0.490. The van der Waals surface area contributed by atoms with Crippen molar-refractivity contribution in [2.75, 3.05) is 18.4 Å². The first-order chi connectivity index (χ1) is 15.2. The lowest BCUT2D eigenvalue weighted by atomic mass is 10.0. The smallest absolute Gasteiger partial charge is 0.407 e. The second-order valence-corrected chi connectivity index (χ2v) is 7.60. The molecule has 1 aliphatic heterocycles. The largest absolute Gasteiger partial charge is 0.465 e. The van der Waals surface area contributed by atoms with Gasteiger partial charge in [0.05, 0.1) is 16.8 Å². The Labute approximate surface area is 179 Å². The Bertz CT molecular complexity index is 1220. The number of nitrogens with zero attached hydrogens (tertiary/aromatic N) is 5. The Hall–Kier alpha value is -3.94. The number of benzene rings is 1. The van der Waals surface area contributed by atoms with Crippen LogP contribution in [0.4, 0.5) is 10.7 Å². The molecule has 0 saturated carbocycles. The van der Waals surface area contributed by atoms with Gasteiger partial charge in [0.15, 0.2) is 0 Å². The van der Waals surface area contributed by atoms with E-state index in [2.05, 4.69) is 10.3 Å². The second kappa shape index (κ2) is 8.06. The van der Waals surface area contributed by atoms with Gasteiger partial charge in [0.25, 0.3) is 0 Å². The molecule has 0 bridgehead atoms. The SMILES string of the molecule is O=C(O)N1CCCC(Nc2nccc(-c3c(-c4ccccc4)nn4ccccc34)n2)C1. The molecular formula is C23H22N6O2. The van der Waals surface area contributed by atoms with Crippen LogP contribution in [0.2, 0.25) is 0 Å². The van der Waals surface area contributed by atoms with Crippen LogP contribution in [0.3, 0.4) is 0 Å². The Kier molecular flexibility index (Phi) is 4.95. The van der Waals surface area contributed by atoms with E-state index >= 15 is 0 Å². The molecule has 0 aliphatic carbocycles. The highest BCUT2D eigenvalue weighted by atomic mass is 16.4. The molecule has 1 aliphatic rings. The topological polar surface area (TPSA) is 95.7 Å². The van der Waals surface area contributed by atoms with Gasteiger partial charge >= 0.3 is 6.09 Å². The van der Waals surface area contributed by atoms with E-state index in [1.807, 2.05) is 65.3 Å². The molecule has 1 atom stereocenters. The number of carbonyl (C=O) groups is 1. The maximum atomic E-state index is 11.3. The number of aromatic nitrogens is 4. The molecule has 4 aromatic rings. The number of fused-ring (bicyclic) bond motifs is 1. The summed E-state index contributed by atoms with van der Waals surface area (Å²) < 4.78 is 1.86. The number of hydrogen-bond donors (Lipinski definition) is 2. The van der Waals surface area contributed by atoms with Crippen molar-refractivity contribution in [1.82, 2.24) is 24.5 Å². The highest BCUT2D eigenvalue weighted by Crippen LogP contribution is 2.34. The summed E-state index contributed by atoms with van der Waals surface area (Å²) in [5.41, 5.74) is 4.53. The summed E-state index contributed by atoms with van der Waals surface area (Å²) in [6.07, 6.45) is 4.46. The van der Waals surface area contributed by atoms with Crippen LogP contribution in [0.1, 0.15) is 12.8 Å². The van der Waals surface area contributed by atoms with Crippen LogP contribution in [0, 0.1) is 0 Å². The van der Waals surface area contributed by atoms with E-state index < -0.39 is 6.09 Å². The maximum absolute atomic E-state index is 11.3. The quantitative estimate of drug-likeness (QED) is 0.524. The number of pyridine rings is 1. The average Bonchev–Trinajstić information content (AvgIpc) is 3.20. The molecule has 1 aromatic carbocycles. The summed E-state index contributed by atoms with van der Waals surface area (Å²) >= 11 is 0. The van der Waals surface area contributed by atoms with Crippen LogP contribution in [-0.4, -0.2) is 54.8 Å². The molecule has 0 radical (unpaired) electrons. The minimum atomic E-state index is -0.889. The molecule has 5 rings (SSSR count). The van der Waals surface area contributed by atoms with E-state index in [-0.39, 0.29) is 6.04 Å². The molecule has 8 nitrogen and oxygen atoms in total. The van der Waals surface area contributed by atoms with Crippen LogP contribution < -0.4 is 5.32 Å². The van der Waals surface area contributed by atoms with Gasteiger partial charge < -0.3 is 15.3 Å². The van der Waals surface area contributed by atoms with Crippen molar-refractivity contribution in [3.8, 4) is 22.5 Å². The zero-order valence-electron chi connectivity index (χ0n) is 16.8. The van der Waals surface area contributed by atoms with Crippen molar-refractivity contribution in [3.05, 3.63) is 67.0 Å². The summed E-state index contributed by atoms with van der Waals surface area (Å²) in [5, 5.41) is 17.4. The van der Waals surface area contributed by atoms with Crippen molar-refractivity contribution in [1.29, 1.82) is 0 Å². The van der Waals surface area contributed by atoms with Gasteiger partial charge in [-0.25, -0.2) is 19.3 Å². The molecule has 3 aromatic heterocycles. The van der Waals surface area contributed by atoms with Crippen molar-refractivity contribution in [2.45, 2.75) is 18.9 Å². The maximum Gasteiger partial charge on any atom is 0.407 e. The lowest BCUT2D eigenvalue weighted by Gasteiger charge is -2.31. The van der Waals surface area contributed by atoms with Gasteiger partial charge in [0.1, 0.15) is 5.69 Å². The fourth-order valence-corrected chi connectivity index (χ4v) is 4.07. The van der Waals surface area contributed by atoms with Crippen LogP contribution in [-0.2, 0) is 0 Å². The summed E-state index contributed by atoms with van der Waals surface area (Å²) in [7, 11) is 0. The molecule has 8 heteroatoms. The fourth-order valence-electron chi connectivity index (χ4n) is 4.07. The monoisotopic (exact) mass is 414 g/mol. The molecule has 4 heterocycles. The number of likely N-dealkylation sites (tertiary alicyclic amines) is 1. The minimum absolute atomic E-state index is 0.0161. The average molecular weight is 414 g/mol. The number of amides is 1. The standard InChI is InChI=1S/C23H22N6O2/c30-23(31)28-13-6-9-17(15-28)25-22-24-12-11-18(26-22)20-19-10-4-5-14-29(19)27-21(20)16-7-2-1-3-8-16/h1-5,7-8,10-12,14,17H,6,9,13,15H2,(H,30,31)(H,24,25,26). The first-order valence-corrected chi connectivity index (χ1v) is 10.3. The van der Waals surface area contributed by atoms with Crippen LogP contribution in [0.15, 0.2) is 67.0 Å². The van der Waals surface area contributed by atoms with E-state index in [1.54, 1.807) is 6.20 Å². The number of carboxylic acid groups (broad SMARTS) is 1. The highest BCUT2D eigenvalue weighted by molar-refractivity contribution is 5.90. The fraction of sp³-hybridized carbons (Fsp3) is 0.217. The van der Waals surface area contributed by atoms with Gasteiger partial charge in [0, 0.05) is 37.1 Å². The first kappa shape index (κ1) is 19.0. The van der Waals surface area contributed by atoms with E-state index in [1.165, 1.54) is 4.90 Å². The van der Waals surface area contributed by atoms with Gasteiger partial charge in [-0.3, -0.25) is 0 Å². The van der Waals surface area contributed by atoms with E-state index in [4.69, 9.17) is 10.1 Å². The Morgan fingerprint density at radius 1 is 1.10 bits per heavy atom. The van der Waals surface area contributed by atoms with Gasteiger partial charge in [-0.15, -0.1) is 0 Å². The van der Waals surface area contributed by atoms with Crippen LogP contribution >= 0.6 is 0 Å². The Morgan fingerprint density at radius 3 is 2.77 bits per heavy atom. The summed E-state index contributed by atoms with van der Waals surface area (Å²) in [4.78, 5) is 21.9. The van der Waals surface area contributed by atoms with Crippen LogP contribution in [0.5, 0.6) is 0 Å². The molecule has 31 heavy (non-hydrogen) atoms. The number of nitrogens with one attached hydrogen (secondary N) is 1. The molecule has 156 valence electrons. The van der Waals surface area contributed by atoms with E-state index in [0.29, 0.717) is 19.0 Å². The summed E-state index contributed by atoms with van der Waals surface area (Å²) in [6, 6.07) is 17.9. The van der Waals surface area contributed by atoms with Gasteiger partial charge in [-0.05, 0) is 31.0 Å². The number of hydrogen-bond acceptors (Lipinski definition) is 5. The normalized spacial score (nSPS) is 16.4. The minimum Gasteiger partial charge on any atom is -0.465 e. The van der Waals surface area contributed by atoms with E-state index in [0.717, 1.165) is 40.9 Å². The molecule has 1 amide bonds. The molecule has 1 saturated heterocycles. The van der Waals surface area contributed by atoms with Gasteiger partial charge in [-0.1, -0.05) is 36.4 Å². The first-order valence-electron chi connectivity index (χ1n) is 10.3. The predicted molar refractivity (Wildman–Crippen MR) is 118 cm³/mol. The Morgan fingerprint density at radius 2 is 1.94 bits per heavy atom. The van der Waals surface area contributed by atoms with E-state index in [9.17, 15) is 9.90 Å². The second-order valence-electron chi connectivity index (χ2n) is 7.60. The van der Waals surface area contributed by atoms with Crippen molar-refractivity contribution < 1.29 is 9.90 Å². The van der Waals surface area contributed by atoms with Gasteiger partial charge in [-0.2, -0.15) is 5.10 Å². The van der Waals surface area contributed by atoms with Crippen molar-refractivity contribution in [3.63, 3.8) is 0 Å². The Balaban J connectivity index is 1.52. The number of rotatable bonds is 4. The molecule has 1 fully saturated rings. The molecule has 0 spiro atoms. The third-order valence-corrected chi connectivity index (χ3v) is 5.52.